The highest BCUT2D eigenvalue weighted by Crippen LogP contribution is 2.44. The van der Waals surface area contributed by atoms with Gasteiger partial charge in [0.25, 0.3) is 0 Å². The molecule has 7 heteroatoms. The first-order valence-electron chi connectivity index (χ1n) is 11.7. The van der Waals surface area contributed by atoms with Crippen LogP contribution in [0.1, 0.15) is 58.1 Å². The van der Waals surface area contributed by atoms with Crippen LogP contribution in [0.15, 0.2) is 48.5 Å². The number of rotatable bonds is 9. The number of carbonyl (C=O) groups is 3. The van der Waals surface area contributed by atoms with Crippen molar-refractivity contribution in [3.63, 3.8) is 0 Å². The van der Waals surface area contributed by atoms with Gasteiger partial charge in [0, 0.05) is 12.0 Å². The van der Waals surface area contributed by atoms with E-state index in [1.165, 1.54) is 0 Å². The topological polar surface area (TPSA) is 105 Å². The highest BCUT2D eigenvalue weighted by Gasteiger charge is 2.41. The zero-order valence-electron chi connectivity index (χ0n) is 20.4. The third-order valence-electron chi connectivity index (χ3n) is 6.66. The molecule has 2 amide bonds. The van der Waals surface area contributed by atoms with Crippen LogP contribution in [0, 0.1) is 11.3 Å². The lowest BCUT2D eigenvalue weighted by Gasteiger charge is -2.36. The van der Waals surface area contributed by atoms with Crippen molar-refractivity contribution < 1.29 is 24.2 Å². The molecule has 0 heterocycles. The lowest BCUT2D eigenvalue weighted by molar-refractivity contribution is -0.144. The summed E-state index contributed by atoms with van der Waals surface area (Å²) in [4.78, 5) is 37.1. The number of hydrogen-bond donors (Lipinski definition) is 3. The Morgan fingerprint density at radius 2 is 1.50 bits per heavy atom. The first kappa shape index (κ1) is 25.3. The van der Waals surface area contributed by atoms with Gasteiger partial charge >= 0.3 is 12.1 Å². The maximum atomic E-state index is 12.9. The van der Waals surface area contributed by atoms with Gasteiger partial charge in [-0.2, -0.15) is 0 Å². The number of benzene rings is 2. The van der Waals surface area contributed by atoms with Gasteiger partial charge in [-0.05, 0) is 48.4 Å². The molecule has 0 saturated heterocycles. The smallest absolute Gasteiger partial charge is 0.407 e. The van der Waals surface area contributed by atoms with Crippen LogP contribution < -0.4 is 10.6 Å². The van der Waals surface area contributed by atoms with Gasteiger partial charge in [0.2, 0.25) is 5.91 Å². The molecule has 7 nitrogen and oxygen atoms in total. The number of carboxylic acid groups (broad SMARTS) is 1. The van der Waals surface area contributed by atoms with E-state index in [0.29, 0.717) is 0 Å². The van der Waals surface area contributed by atoms with Crippen molar-refractivity contribution in [2.24, 2.45) is 11.3 Å². The summed E-state index contributed by atoms with van der Waals surface area (Å²) >= 11 is 0. The summed E-state index contributed by atoms with van der Waals surface area (Å²) in [5.41, 5.74) is 3.48. The van der Waals surface area contributed by atoms with Crippen molar-refractivity contribution in [2.45, 2.75) is 59.0 Å². The predicted octanol–water partition coefficient (Wildman–Crippen LogP) is 4.56. The van der Waals surface area contributed by atoms with E-state index in [4.69, 9.17) is 4.74 Å². The van der Waals surface area contributed by atoms with E-state index >= 15 is 0 Å². The van der Waals surface area contributed by atoms with Crippen molar-refractivity contribution in [2.75, 3.05) is 6.61 Å². The number of alkyl carbamates (subject to hydrolysis) is 1. The summed E-state index contributed by atoms with van der Waals surface area (Å²) in [6.07, 6.45) is -0.338. The Hall–Kier alpha value is -3.35. The fourth-order valence-electron chi connectivity index (χ4n) is 4.77. The highest BCUT2D eigenvalue weighted by molar-refractivity contribution is 5.88. The second-order valence-electron chi connectivity index (χ2n) is 9.69. The van der Waals surface area contributed by atoms with Crippen LogP contribution in [-0.4, -0.2) is 41.8 Å². The standard InChI is InChI=1S/C27H34N2O5/c1-6-22(24(30)31)28-25(32)27(4,5)23(16(2)3)29-26(33)34-15-21-19-13-9-7-11-17(19)18-12-8-10-14-20(18)21/h7-14,16,21-23H,6,15H2,1-5H3,(H,28,32)(H,29,33)(H,30,31)/t22-,23?/m0/s1. The molecule has 3 N–H and O–H groups in total. The van der Waals surface area contributed by atoms with Crippen LogP contribution in [0.5, 0.6) is 0 Å². The number of carbonyl (C=O) groups excluding carboxylic acids is 2. The zero-order valence-corrected chi connectivity index (χ0v) is 20.4. The van der Waals surface area contributed by atoms with Gasteiger partial charge in [0.1, 0.15) is 12.6 Å². The minimum atomic E-state index is -1.09. The van der Waals surface area contributed by atoms with E-state index in [1.807, 2.05) is 38.1 Å². The van der Waals surface area contributed by atoms with Crippen LogP contribution in [0.3, 0.4) is 0 Å². The van der Waals surface area contributed by atoms with E-state index in [0.717, 1.165) is 22.3 Å². The fourth-order valence-corrected chi connectivity index (χ4v) is 4.77. The Balaban J connectivity index is 1.70. The molecule has 3 rings (SSSR count). The minimum Gasteiger partial charge on any atom is -0.480 e. The summed E-state index contributed by atoms with van der Waals surface area (Å²) < 4.78 is 5.66. The summed E-state index contributed by atoms with van der Waals surface area (Å²) in [5, 5.41) is 14.7. The van der Waals surface area contributed by atoms with Gasteiger partial charge in [0.05, 0.1) is 5.41 Å². The molecule has 0 bridgehead atoms. The van der Waals surface area contributed by atoms with E-state index in [9.17, 15) is 19.5 Å². The highest BCUT2D eigenvalue weighted by atomic mass is 16.5. The summed E-state index contributed by atoms with van der Waals surface area (Å²) in [6, 6.07) is 14.7. The van der Waals surface area contributed by atoms with Crippen LogP contribution in [-0.2, 0) is 14.3 Å². The number of carboxylic acids is 1. The largest absolute Gasteiger partial charge is 0.480 e. The molecular weight excluding hydrogens is 432 g/mol. The number of amides is 2. The normalized spacial score (nSPS) is 14.6. The molecule has 182 valence electrons. The SMILES string of the molecule is CC[C@H](NC(=O)C(C)(C)C(NC(=O)OCC1c2ccccc2-c2ccccc21)C(C)C)C(=O)O. The summed E-state index contributed by atoms with van der Waals surface area (Å²) in [5.74, 6) is -1.67. The van der Waals surface area contributed by atoms with Gasteiger partial charge in [-0.15, -0.1) is 0 Å². The quantitative estimate of drug-likeness (QED) is 0.503. The van der Waals surface area contributed by atoms with E-state index < -0.39 is 35.5 Å². The maximum absolute atomic E-state index is 12.9. The van der Waals surface area contributed by atoms with Gasteiger partial charge in [0.15, 0.2) is 0 Å². The molecule has 1 aliphatic rings. The first-order chi connectivity index (χ1) is 16.1. The molecule has 2 aromatic rings. The van der Waals surface area contributed by atoms with Crippen LogP contribution in [0.25, 0.3) is 11.1 Å². The molecule has 1 unspecified atom stereocenters. The van der Waals surface area contributed by atoms with E-state index in [1.54, 1.807) is 20.8 Å². The fraction of sp³-hybridized carbons (Fsp3) is 0.444. The van der Waals surface area contributed by atoms with Crippen molar-refractivity contribution in [1.82, 2.24) is 10.6 Å². The number of nitrogens with one attached hydrogen (secondary N) is 2. The van der Waals surface area contributed by atoms with E-state index in [2.05, 4.69) is 34.9 Å². The van der Waals surface area contributed by atoms with Crippen LogP contribution >= 0.6 is 0 Å². The van der Waals surface area contributed by atoms with Crippen molar-refractivity contribution in [1.29, 1.82) is 0 Å². The molecule has 2 aromatic carbocycles. The predicted molar refractivity (Wildman–Crippen MR) is 130 cm³/mol. The van der Waals surface area contributed by atoms with Gasteiger partial charge in [-0.3, -0.25) is 4.79 Å². The molecule has 0 aliphatic heterocycles. The minimum absolute atomic E-state index is 0.0622. The van der Waals surface area contributed by atoms with Gasteiger partial charge < -0.3 is 20.5 Å². The molecule has 0 radical (unpaired) electrons. The lowest BCUT2D eigenvalue weighted by atomic mass is 9.77. The number of hydrogen-bond acceptors (Lipinski definition) is 4. The molecule has 0 saturated carbocycles. The Bertz CT molecular complexity index is 1020. The average molecular weight is 467 g/mol. The number of ether oxygens (including phenoxy) is 1. The van der Waals surface area contributed by atoms with Crippen molar-refractivity contribution in [3.8, 4) is 11.1 Å². The molecule has 0 spiro atoms. The monoisotopic (exact) mass is 466 g/mol. The molecule has 1 aliphatic carbocycles. The lowest BCUT2D eigenvalue weighted by Crippen LogP contribution is -2.57. The van der Waals surface area contributed by atoms with E-state index in [-0.39, 0.29) is 24.9 Å². The molecular formula is C27H34N2O5. The molecule has 0 fully saturated rings. The number of fused-ring (bicyclic) bond motifs is 3. The second kappa shape index (κ2) is 10.3. The Morgan fingerprint density at radius 1 is 0.971 bits per heavy atom. The number of aliphatic carboxylic acids is 1. The van der Waals surface area contributed by atoms with Crippen molar-refractivity contribution in [3.05, 3.63) is 59.7 Å². The zero-order chi connectivity index (χ0) is 25.0. The van der Waals surface area contributed by atoms with Gasteiger partial charge in [-0.1, -0.05) is 69.3 Å². The molecule has 0 aromatic heterocycles. The van der Waals surface area contributed by atoms with Crippen molar-refractivity contribution >= 4 is 18.0 Å². The summed E-state index contributed by atoms with van der Waals surface area (Å²) in [6.45, 7) is 9.07. The third kappa shape index (κ3) is 5.08. The van der Waals surface area contributed by atoms with Crippen LogP contribution in [0.4, 0.5) is 4.79 Å². The molecule has 2 atom stereocenters. The first-order valence-corrected chi connectivity index (χ1v) is 11.7. The average Bonchev–Trinajstić information content (AvgIpc) is 3.12. The van der Waals surface area contributed by atoms with Gasteiger partial charge in [-0.25, -0.2) is 9.59 Å². The summed E-state index contributed by atoms with van der Waals surface area (Å²) in [7, 11) is 0. The third-order valence-corrected chi connectivity index (χ3v) is 6.66. The Kier molecular flexibility index (Phi) is 7.64. The maximum Gasteiger partial charge on any atom is 0.407 e. The Morgan fingerprint density at radius 3 is 1.97 bits per heavy atom. The second-order valence-corrected chi connectivity index (χ2v) is 9.69. The Labute approximate surface area is 200 Å². The molecule has 34 heavy (non-hydrogen) atoms. The van der Waals surface area contributed by atoms with Crippen LogP contribution in [0.2, 0.25) is 0 Å².